The molecule has 1 aromatic heterocycles. The lowest BCUT2D eigenvalue weighted by atomic mass is 9.76. The number of nitrogens with zero attached hydrogens (tertiary/aromatic N) is 5. The summed E-state index contributed by atoms with van der Waals surface area (Å²) in [6.07, 6.45) is 8.73. The Morgan fingerprint density at radius 1 is 1.10 bits per heavy atom. The number of hydrogen-bond donors (Lipinski definition) is 1. The van der Waals surface area contributed by atoms with Gasteiger partial charge < -0.3 is 24.6 Å². The standard InChI is InChI=1S/C22H32N6O3/c1-25-13-18(23-14-25)21(30)24-17-5-7-26(8-6-17)22(31)27-10-15-9-16(12-27)19-3-2-4-20(29)28(19)11-15/h13-17,19H,2-12H2,1H3,(H,24,30)/t15-,16-,19-/m1/s1. The molecular formula is C22H32N6O3. The first-order chi connectivity index (χ1) is 15.0. The van der Waals surface area contributed by atoms with Gasteiger partial charge in [0.05, 0.1) is 6.33 Å². The maximum atomic E-state index is 13.2. The van der Waals surface area contributed by atoms with E-state index in [-0.39, 0.29) is 18.0 Å². The lowest BCUT2D eigenvalue weighted by Gasteiger charge is -2.53. The number of fused-ring (bicyclic) bond motifs is 4. The average molecular weight is 429 g/mol. The van der Waals surface area contributed by atoms with Crippen molar-refractivity contribution in [2.45, 2.75) is 50.6 Å². The maximum absolute atomic E-state index is 13.2. The van der Waals surface area contributed by atoms with Crippen molar-refractivity contribution < 1.29 is 14.4 Å². The molecule has 0 unspecified atom stereocenters. The summed E-state index contributed by atoms with van der Waals surface area (Å²) in [6, 6.07) is 0.515. The molecule has 9 heteroatoms. The highest BCUT2D eigenvalue weighted by atomic mass is 16.2. The van der Waals surface area contributed by atoms with Crippen molar-refractivity contribution in [1.29, 1.82) is 0 Å². The van der Waals surface area contributed by atoms with Crippen LogP contribution in [0.5, 0.6) is 0 Å². The summed E-state index contributed by atoms with van der Waals surface area (Å²) in [5, 5.41) is 3.05. The van der Waals surface area contributed by atoms with Crippen LogP contribution in [0.15, 0.2) is 12.5 Å². The topological polar surface area (TPSA) is 90.8 Å². The predicted octanol–water partition coefficient (Wildman–Crippen LogP) is 1.07. The van der Waals surface area contributed by atoms with E-state index in [1.165, 1.54) is 0 Å². The lowest BCUT2D eigenvalue weighted by Crippen LogP contribution is -2.62. The second-order valence-electron chi connectivity index (χ2n) is 9.71. The van der Waals surface area contributed by atoms with Crippen molar-refractivity contribution in [2.24, 2.45) is 18.9 Å². The molecule has 0 aromatic carbocycles. The molecule has 4 fully saturated rings. The second-order valence-corrected chi connectivity index (χ2v) is 9.71. The first-order valence-electron chi connectivity index (χ1n) is 11.6. The zero-order chi connectivity index (χ0) is 21.5. The number of piperidine rings is 4. The number of urea groups is 1. The highest BCUT2D eigenvalue weighted by molar-refractivity contribution is 5.92. The number of amides is 4. The van der Waals surface area contributed by atoms with Crippen molar-refractivity contribution >= 4 is 17.8 Å². The van der Waals surface area contributed by atoms with Crippen molar-refractivity contribution in [3.8, 4) is 0 Å². The molecule has 5 rings (SSSR count). The quantitative estimate of drug-likeness (QED) is 0.763. The van der Waals surface area contributed by atoms with Crippen LogP contribution in [0.2, 0.25) is 0 Å². The molecule has 5 heterocycles. The number of carbonyl (C=O) groups excluding carboxylic acids is 3. The Labute approximate surface area is 182 Å². The second kappa shape index (κ2) is 8.16. The van der Waals surface area contributed by atoms with Crippen LogP contribution in [0.25, 0.3) is 0 Å². The van der Waals surface area contributed by atoms with Crippen LogP contribution in [-0.4, -0.2) is 86.9 Å². The van der Waals surface area contributed by atoms with E-state index < -0.39 is 0 Å². The number of imidazole rings is 1. The minimum absolute atomic E-state index is 0.0705. The molecule has 0 spiro atoms. The Hall–Kier alpha value is -2.58. The van der Waals surface area contributed by atoms with E-state index >= 15 is 0 Å². The van der Waals surface area contributed by atoms with Gasteiger partial charge in [0.1, 0.15) is 5.69 Å². The maximum Gasteiger partial charge on any atom is 0.320 e. The van der Waals surface area contributed by atoms with E-state index in [9.17, 15) is 14.4 Å². The van der Waals surface area contributed by atoms with Crippen LogP contribution in [0, 0.1) is 11.8 Å². The summed E-state index contributed by atoms with van der Waals surface area (Å²) >= 11 is 0. The fourth-order valence-corrected chi connectivity index (χ4v) is 5.97. The zero-order valence-corrected chi connectivity index (χ0v) is 18.2. The molecule has 0 aliphatic carbocycles. The monoisotopic (exact) mass is 428 g/mol. The molecule has 0 saturated carbocycles. The number of aromatic nitrogens is 2. The van der Waals surface area contributed by atoms with E-state index in [0.717, 1.165) is 51.7 Å². The summed E-state index contributed by atoms with van der Waals surface area (Å²) in [4.78, 5) is 48.1. The fourth-order valence-electron chi connectivity index (χ4n) is 5.97. The molecule has 1 N–H and O–H groups in total. The van der Waals surface area contributed by atoms with Crippen molar-refractivity contribution in [3.05, 3.63) is 18.2 Å². The van der Waals surface area contributed by atoms with Gasteiger partial charge in [-0.3, -0.25) is 9.59 Å². The number of aryl methyl sites for hydroxylation is 1. The van der Waals surface area contributed by atoms with Crippen LogP contribution >= 0.6 is 0 Å². The van der Waals surface area contributed by atoms with Gasteiger partial charge in [-0.2, -0.15) is 0 Å². The molecule has 1 aromatic rings. The summed E-state index contributed by atoms with van der Waals surface area (Å²) < 4.78 is 1.76. The van der Waals surface area contributed by atoms with Crippen LogP contribution < -0.4 is 5.32 Å². The van der Waals surface area contributed by atoms with Gasteiger partial charge in [0, 0.05) is 64.5 Å². The van der Waals surface area contributed by atoms with Gasteiger partial charge in [0.25, 0.3) is 5.91 Å². The van der Waals surface area contributed by atoms with Crippen molar-refractivity contribution in [1.82, 2.24) is 29.6 Å². The number of carbonyl (C=O) groups is 3. The Morgan fingerprint density at radius 3 is 2.65 bits per heavy atom. The molecule has 4 aliphatic heterocycles. The fraction of sp³-hybridized carbons (Fsp3) is 0.727. The van der Waals surface area contributed by atoms with Crippen molar-refractivity contribution in [3.63, 3.8) is 0 Å². The summed E-state index contributed by atoms with van der Waals surface area (Å²) in [5.41, 5.74) is 0.427. The van der Waals surface area contributed by atoms with Gasteiger partial charge in [-0.05, 0) is 43.9 Å². The van der Waals surface area contributed by atoms with Crippen LogP contribution in [0.4, 0.5) is 4.79 Å². The lowest BCUT2D eigenvalue weighted by molar-refractivity contribution is -0.144. The van der Waals surface area contributed by atoms with Crippen molar-refractivity contribution in [2.75, 3.05) is 32.7 Å². The molecule has 4 amide bonds. The van der Waals surface area contributed by atoms with Gasteiger partial charge in [-0.1, -0.05) is 0 Å². The third-order valence-corrected chi connectivity index (χ3v) is 7.49. The molecule has 9 nitrogen and oxygen atoms in total. The number of likely N-dealkylation sites (tertiary alicyclic amines) is 2. The molecule has 4 saturated heterocycles. The Bertz CT molecular complexity index is 861. The highest BCUT2D eigenvalue weighted by Gasteiger charge is 2.45. The highest BCUT2D eigenvalue weighted by Crippen LogP contribution is 2.38. The van der Waals surface area contributed by atoms with Gasteiger partial charge in [-0.15, -0.1) is 0 Å². The first-order valence-corrected chi connectivity index (χ1v) is 11.6. The molecule has 3 atom stereocenters. The van der Waals surface area contributed by atoms with Gasteiger partial charge >= 0.3 is 6.03 Å². The smallest absolute Gasteiger partial charge is 0.320 e. The normalized spacial score (nSPS) is 29.0. The molecule has 31 heavy (non-hydrogen) atoms. The zero-order valence-electron chi connectivity index (χ0n) is 18.2. The van der Waals surface area contributed by atoms with E-state index in [0.29, 0.717) is 49.0 Å². The molecule has 4 aliphatic rings. The third kappa shape index (κ3) is 4.02. The Balaban J connectivity index is 1.14. The van der Waals surface area contributed by atoms with E-state index in [1.807, 2.05) is 16.8 Å². The minimum Gasteiger partial charge on any atom is -0.348 e. The Kier molecular flexibility index (Phi) is 5.35. The molecular weight excluding hydrogens is 396 g/mol. The number of hydrogen-bond acceptors (Lipinski definition) is 4. The average Bonchev–Trinajstić information content (AvgIpc) is 3.21. The molecule has 0 radical (unpaired) electrons. The summed E-state index contributed by atoms with van der Waals surface area (Å²) in [6.45, 7) is 3.64. The SMILES string of the molecule is Cn1cnc(C(=O)NC2CCN(C(=O)N3C[C@H]4C[C@H](C3)[C@H]3CCCC(=O)N3C4)CC2)c1. The summed E-state index contributed by atoms with van der Waals surface area (Å²) in [7, 11) is 1.84. The third-order valence-electron chi connectivity index (χ3n) is 7.49. The minimum atomic E-state index is -0.152. The van der Waals surface area contributed by atoms with Gasteiger partial charge in [0.2, 0.25) is 5.91 Å². The Morgan fingerprint density at radius 2 is 1.90 bits per heavy atom. The van der Waals surface area contributed by atoms with E-state index in [2.05, 4.69) is 15.2 Å². The van der Waals surface area contributed by atoms with E-state index in [4.69, 9.17) is 0 Å². The van der Waals surface area contributed by atoms with Gasteiger partial charge in [-0.25, -0.2) is 9.78 Å². The van der Waals surface area contributed by atoms with E-state index in [1.54, 1.807) is 17.1 Å². The van der Waals surface area contributed by atoms with Crippen LogP contribution in [0.1, 0.15) is 49.0 Å². The van der Waals surface area contributed by atoms with Gasteiger partial charge in [0.15, 0.2) is 0 Å². The number of nitrogens with one attached hydrogen (secondary N) is 1. The summed E-state index contributed by atoms with van der Waals surface area (Å²) in [5.74, 6) is 0.966. The number of rotatable bonds is 2. The van der Waals surface area contributed by atoms with Crippen LogP contribution in [-0.2, 0) is 11.8 Å². The first kappa shape index (κ1) is 20.3. The predicted molar refractivity (Wildman–Crippen MR) is 113 cm³/mol. The molecule has 168 valence electrons. The largest absolute Gasteiger partial charge is 0.348 e. The van der Waals surface area contributed by atoms with Crippen LogP contribution in [0.3, 0.4) is 0 Å². The molecule has 2 bridgehead atoms.